The van der Waals surface area contributed by atoms with Crippen LogP contribution in [0.2, 0.25) is 0 Å². The van der Waals surface area contributed by atoms with Crippen LogP contribution >= 0.6 is 12.4 Å². The third kappa shape index (κ3) is 4.41. The number of likely N-dealkylation sites (N-methyl/N-ethyl adjacent to an activating group) is 1. The van der Waals surface area contributed by atoms with Crippen LogP contribution in [0.1, 0.15) is 24.8 Å². The molecule has 1 amide bonds. The van der Waals surface area contributed by atoms with E-state index in [0.29, 0.717) is 5.56 Å². The van der Waals surface area contributed by atoms with Gasteiger partial charge in [-0.05, 0) is 19.4 Å². The molecule has 1 aliphatic heterocycles. The summed E-state index contributed by atoms with van der Waals surface area (Å²) in [5.74, 6) is 0.00264. The van der Waals surface area contributed by atoms with Crippen LogP contribution in [0.4, 0.5) is 5.69 Å². The van der Waals surface area contributed by atoms with Crippen molar-refractivity contribution in [3.63, 3.8) is 0 Å². The van der Waals surface area contributed by atoms with Gasteiger partial charge < -0.3 is 10.2 Å². The van der Waals surface area contributed by atoms with Crippen LogP contribution in [0.5, 0.6) is 0 Å². The highest BCUT2D eigenvalue weighted by Gasteiger charge is 2.25. The molecule has 1 atom stereocenters. The summed E-state index contributed by atoms with van der Waals surface area (Å²) in [5.41, 5.74) is 0.618. The maximum atomic E-state index is 12.3. The average Bonchev–Trinajstić information content (AvgIpc) is 2.47. The van der Waals surface area contributed by atoms with Crippen LogP contribution in [-0.4, -0.2) is 35.4 Å². The molecule has 7 heteroatoms. The zero-order valence-electron chi connectivity index (χ0n) is 11.9. The van der Waals surface area contributed by atoms with Crippen LogP contribution in [0.25, 0.3) is 0 Å². The summed E-state index contributed by atoms with van der Waals surface area (Å²) in [4.78, 5) is 24.4. The quantitative estimate of drug-likeness (QED) is 0.682. The zero-order chi connectivity index (χ0) is 14.5. The van der Waals surface area contributed by atoms with Crippen molar-refractivity contribution in [2.45, 2.75) is 31.8 Å². The molecule has 0 unspecified atom stereocenters. The minimum atomic E-state index is -0.410. The van der Waals surface area contributed by atoms with Crippen molar-refractivity contribution in [3.05, 3.63) is 39.9 Å². The summed E-state index contributed by atoms with van der Waals surface area (Å²) in [6.45, 7) is 1.11. The largest absolute Gasteiger partial charge is 0.340 e. The van der Waals surface area contributed by atoms with Gasteiger partial charge in [-0.25, -0.2) is 0 Å². The second-order valence-corrected chi connectivity index (χ2v) is 5.08. The lowest BCUT2D eigenvalue weighted by Gasteiger charge is -2.27. The first-order valence-electron chi connectivity index (χ1n) is 6.80. The smallest absolute Gasteiger partial charge is 0.274 e. The van der Waals surface area contributed by atoms with Crippen molar-refractivity contribution in [2.75, 3.05) is 13.6 Å². The second-order valence-electron chi connectivity index (χ2n) is 5.08. The maximum absolute atomic E-state index is 12.3. The Morgan fingerprint density at radius 3 is 2.76 bits per heavy atom. The molecule has 6 nitrogen and oxygen atoms in total. The molecular formula is C14H20ClN3O3. The van der Waals surface area contributed by atoms with Gasteiger partial charge in [0.1, 0.15) is 0 Å². The van der Waals surface area contributed by atoms with Gasteiger partial charge >= 0.3 is 0 Å². The van der Waals surface area contributed by atoms with Gasteiger partial charge in [0.05, 0.1) is 17.5 Å². The topological polar surface area (TPSA) is 75.5 Å². The minimum Gasteiger partial charge on any atom is -0.340 e. The van der Waals surface area contributed by atoms with Crippen molar-refractivity contribution >= 4 is 24.0 Å². The molecule has 0 radical (unpaired) electrons. The highest BCUT2D eigenvalue weighted by atomic mass is 35.5. The first-order valence-corrected chi connectivity index (χ1v) is 6.80. The molecule has 1 N–H and O–H groups in total. The molecule has 0 aromatic heterocycles. The number of amides is 1. The summed E-state index contributed by atoms with van der Waals surface area (Å²) in [7, 11) is 1.69. The molecule has 1 aromatic rings. The van der Waals surface area contributed by atoms with Crippen LogP contribution in [-0.2, 0) is 11.3 Å². The van der Waals surface area contributed by atoms with Gasteiger partial charge in [0.25, 0.3) is 5.69 Å². The summed E-state index contributed by atoms with van der Waals surface area (Å²) < 4.78 is 0. The molecule has 1 fully saturated rings. The fourth-order valence-electron chi connectivity index (χ4n) is 2.48. The molecule has 0 saturated carbocycles. The first kappa shape index (κ1) is 17.4. The fraction of sp³-hybridized carbons (Fsp3) is 0.500. The molecule has 1 saturated heterocycles. The van der Waals surface area contributed by atoms with E-state index in [9.17, 15) is 14.9 Å². The Morgan fingerprint density at radius 2 is 2.14 bits per heavy atom. The third-order valence-corrected chi connectivity index (χ3v) is 3.58. The lowest BCUT2D eigenvalue weighted by atomic mass is 10.0. The Bertz CT molecular complexity index is 504. The number of nitrogens with one attached hydrogen (secondary N) is 1. The van der Waals surface area contributed by atoms with E-state index in [1.165, 1.54) is 6.07 Å². The monoisotopic (exact) mass is 313 g/mol. The third-order valence-electron chi connectivity index (χ3n) is 3.58. The Hall–Kier alpha value is -1.66. The Balaban J connectivity index is 0.00000220. The number of benzene rings is 1. The molecule has 2 rings (SSSR count). The number of nitro groups is 1. The molecular weight excluding hydrogens is 294 g/mol. The second kappa shape index (κ2) is 7.95. The fourth-order valence-corrected chi connectivity index (χ4v) is 2.48. The lowest BCUT2D eigenvalue weighted by molar-refractivity contribution is -0.385. The molecule has 0 bridgehead atoms. The van der Waals surface area contributed by atoms with Crippen molar-refractivity contribution in [1.29, 1.82) is 0 Å². The van der Waals surface area contributed by atoms with Crippen molar-refractivity contribution in [1.82, 2.24) is 10.2 Å². The van der Waals surface area contributed by atoms with E-state index in [0.717, 1.165) is 25.8 Å². The summed E-state index contributed by atoms with van der Waals surface area (Å²) in [6.07, 6.45) is 2.97. The van der Waals surface area contributed by atoms with Crippen LogP contribution < -0.4 is 5.32 Å². The predicted octanol–water partition coefficient (Wildman–Crippen LogP) is 2.12. The Morgan fingerprint density at radius 1 is 1.43 bits per heavy atom. The number of piperidine rings is 1. The van der Waals surface area contributed by atoms with Gasteiger partial charge in [0.15, 0.2) is 0 Å². The van der Waals surface area contributed by atoms with E-state index in [-0.39, 0.29) is 36.6 Å². The van der Waals surface area contributed by atoms with E-state index in [2.05, 4.69) is 5.32 Å². The molecule has 21 heavy (non-hydrogen) atoms. The van der Waals surface area contributed by atoms with Crippen molar-refractivity contribution < 1.29 is 9.72 Å². The molecule has 0 spiro atoms. The predicted molar refractivity (Wildman–Crippen MR) is 82.5 cm³/mol. The number of nitrogens with zero attached hydrogens (tertiary/aromatic N) is 2. The van der Waals surface area contributed by atoms with Crippen LogP contribution in [0, 0.1) is 10.1 Å². The highest BCUT2D eigenvalue weighted by molar-refractivity contribution is 5.85. The number of hydrogen-bond donors (Lipinski definition) is 1. The summed E-state index contributed by atoms with van der Waals surface area (Å²) >= 11 is 0. The van der Waals surface area contributed by atoms with Crippen LogP contribution in [0.15, 0.2) is 24.3 Å². The van der Waals surface area contributed by atoms with Crippen molar-refractivity contribution in [3.8, 4) is 0 Å². The number of hydrogen-bond acceptors (Lipinski definition) is 4. The SMILES string of the molecule is CN(Cc1ccccc1[N+](=O)[O-])C(=O)[C@H]1CCCCN1.Cl. The molecule has 1 heterocycles. The summed E-state index contributed by atoms with van der Waals surface area (Å²) in [5, 5.41) is 14.2. The van der Waals surface area contributed by atoms with Gasteiger partial charge in [-0.1, -0.05) is 24.6 Å². The summed E-state index contributed by atoms with van der Waals surface area (Å²) in [6, 6.07) is 6.38. The van der Waals surface area contributed by atoms with Gasteiger partial charge in [0, 0.05) is 18.7 Å². The number of nitro benzene ring substituents is 1. The number of rotatable bonds is 4. The standard InChI is InChI=1S/C14H19N3O3.ClH/c1-16(14(18)12-7-4-5-9-15-12)10-11-6-2-3-8-13(11)17(19)20;/h2-3,6,8,12,15H,4-5,7,9-10H2,1H3;1H/t12-;/m1./s1. The van der Waals surface area contributed by atoms with Gasteiger partial charge in [-0.3, -0.25) is 14.9 Å². The van der Waals surface area contributed by atoms with Crippen LogP contribution in [0.3, 0.4) is 0 Å². The molecule has 116 valence electrons. The van der Waals surface area contributed by atoms with Gasteiger partial charge in [-0.15, -0.1) is 12.4 Å². The molecule has 0 aliphatic carbocycles. The normalized spacial score (nSPS) is 17.7. The van der Waals surface area contributed by atoms with E-state index in [4.69, 9.17) is 0 Å². The Kier molecular flexibility index (Phi) is 6.58. The average molecular weight is 314 g/mol. The van der Waals surface area contributed by atoms with Gasteiger partial charge in [0.2, 0.25) is 5.91 Å². The number of carbonyl (C=O) groups excluding carboxylic acids is 1. The first-order chi connectivity index (χ1) is 9.59. The minimum absolute atomic E-state index is 0. The maximum Gasteiger partial charge on any atom is 0.274 e. The van der Waals surface area contributed by atoms with Gasteiger partial charge in [-0.2, -0.15) is 0 Å². The van der Waals surface area contributed by atoms with E-state index in [1.54, 1.807) is 30.1 Å². The lowest BCUT2D eigenvalue weighted by Crippen LogP contribution is -2.47. The Labute approximate surface area is 130 Å². The van der Waals surface area contributed by atoms with E-state index < -0.39 is 4.92 Å². The zero-order valence-corrected chi connectivity index (χ0v) is 12.8. The highest BCUT2D eigenvalue weighted by Crippen LogP contribution is 2.20. The van der Waals surface area contributed by atoms with E-state index >= 15 is 0 Å². The molecule has 1 aromatic carbocycles. The number of carbonyl (C=O) groups is 1. The van der Waals surface area contributed by atoms with Crippen molar-refractivity contribution in [2.24, 2.45) is 0 Å². The number of halogens is 1. The number of para-hydroxylation sites is 1. The molecule has 1 aliphatic rings. The van der Waals surface area contributed by atoms with E-state index in [1.807, 2.05) is 0 Å².